The molecule has 1 unspecified atom stereocenters. The van der Waals surface area contributed by atoms with Crippen LogP contribution in [0.1, 0.15) is 53.9 Å². The van der Waals surface area contributed by atoms with Crippen molar-refractivity contribution in [3.8, 4) is 0 Å². The van der Waals surface area contributed by atoms with Crippen molar-refractivity contribution in [3.05, 3.63) is 94.7 Å². The van der Waals surface area contributed by atoms with Gasteiger partial charge >= 0.3 is 12.2 Å². The lowest BCUT2D eigenvalue weighted by Gasteiger charge is -2.34. The van der Waals surface area contributed by atoms with Gasteiger partial charge in [0.05, 0.1) is 11.0 Å². The lowest BCUT2D eigenvalue weighted by Crippen LogP contribution is -2.48. The summed E-state index contributed by atoms with van der Waals surface area (Å²) in [6.07, 6.45) is -0.908. The van der Waals surface area contributed by atoms with Crippen LogP contribution >= 0.6 is 0 Å². The molecule has 2 aromatic carbocycles. The number of halogens is 4. The van der Waals surface area contributed by atoms with Gasteiger partial charge in [0.25, 0.3) is 0 Å². The van der Waals surface area contributed by atoms with E-state index in [-0.39, 0.29) is 18.2 Å². The largest absolute Gasteiger partial charge is 0.465 e. The molecule has 0 radical (unpaired) electrons. The van der Waals surface area contributed by atoms with Gasteiger partial charge in [-0.1, -0.05) is 43.2 Å². The Morgan fingerprint density at radius 3 is 2.26 bits per heavy atom. The number of nitrogens with one attached hydrogen (secondary N) is 2. The number of alkyl halides is 3. The highest BCUT2D eigenvalue weighted by molar-refractivity contribution is 5.74. The second-order valence-corrected chi connectivity index (χ2v) is 8.72. The number of rotatable bonds is 6. The monoisotopic (exact) mass is 474 g/mol. The van der Waals surface area contributed by atoms with E-state index < -0.39 is 29.0 Å². The first-order chi connectivity index (χ1) is 16.2. The van der Waals surface area contributed by atoms with Crippen LogP contribution in [-0.4, -0.2) is 18.6 Å². The average Bonchev–Trinajstić information content (AvgIpc) is 3.46. The molecule has 1 aromatic heterocycles. The van der Waals surface area contributed by atoms with Crippen molar-refractivity contribution in [2.24, 2.45) is 0 Å². The van der Waals surface area contributed by atoms with Crippen molar-refractivity contribution in [1.82, 2.24) is 10.6 Å². The van der Waals surface area contributed by atoms with E-state index in [2.05, 4.69) is 10.6 Å². The fourth-order valence-corrected chi connectivity index (χ4v) is 4.65. The molecule has 1 aliphatic rings. The lowest BCUT2D eigenvalue weighted by atomic mass is 9.72. The zero-order valence-electron chi connectivity index (χ0n) is 18.7. The van der Waals surface area contributed by atoms with Crippen molar-refractivity contribution >= 4 is 6.03 Å². The van der Waals surface area contributed by atoms with Crippen LogP contribution in [0.25, 0.3) is 0 Å². The average molecular weight is 474 g/mol. The van der Waals surface area contributed by atoms with Gasteiger partial charge in [-0.2, -0.15) is 13.2 Å². The minimum Gasteiger partial charge on any atom is -0.465 e. The number of carbonyl (C=O) groups is 1. The predicted molar refractivity (Wildman–Crippen MR) is 120 cm³/mol. The number of urea groups is 1. The van der Waals surface area contributed by atoms with Crippen LogP contribution in [0.4, 0.5) is 22.4 Å². The second kappa shape index (κ2) is 9.52. The quantitative estimate of drug-likeness (QED) is 0.411. The van der Waals surface area contributed by atoms with Crippen LogP contribution in [0.15, 0.2) is 65.1 Å². The maximum Gasteiger partial charge on any atom is 0.416 e. The smallest absolute Gasteiger partial charge is 0.416 e. The SMILES string of the molecule is Cc1ccc(C(CNC(=O)NC2CCCC2)(c2ccccc2)c2cc(F)cc(C(F)(F)F)c2)o1. The molecule has 0 aliphatic heterocycles. The Balaban J connectivity index is 1.84. The molecule has 2 N–H and O–H groups in total. The molecule has 4 nitrogen and oxygen atoms in total. The fraction of sp³-hybridized carbons (Fsp3) is 0.346. The van der Waals surface area contributed by atoms with E-state index in [1.54, 1.807) is 49.4 Å². The van der Waals surface area contributed by atoms with Crippen molar-refractivity contribution < 1.29 is 26.8 Å². The van der Waals surface area contributed by atoms with Gasteiger partial charge in [-0.05, 0) is 61.2 Å². The third-order valence-electron chi connectivity index (χ3n) is 6.35. The van der Waals surface area contributed by atoms with Crippen LogP contribution in [-0.2, 0) is 11.6 Å². The topological polar surface area (TPSA) is 54.3 Å². The summed E-state index contributed by atoms with van der Waals surface area (Å²) in [6.45, 7) is 1.58. The summed E-state index contributed by atoms with van der Waals surface area (Å²) in [5.74, 6) is -0.182. The Morgan fingerprint density at radius 1 is 0.971 bits per heavy atom. The first-order valence-electron chi connectivity index (χ1n) is 11.2. The zero-order chi connectivity index (χ0) is 24.3. The van der Waals surface area contributed by atoms with Gasteiger partial charge in [-0.3, -0.25) is 0 Å². The van der Waals surface area contributed by atoms with Gasteiger partial charge in [0.1, 0.15) is 17.3 Å². The summed E-state index contributed by atoms with van der Waals surface area (Å²) >= 11 is 0. The van der Waals surface area contributed by atoms with E-state index in [0.29, 0.717) is 23.2 Å². The van der Waals surface area contributed by atoms with E-state index in [1.807, 2.05) is 0 Å². The fourth-order valence-electron chi connectivity index (χ4n) is 4.65. The third kappa shape index (κ3) is 4.95. The lowest BCUT2D eigenvalue weighted by molar-refractivity contribution is -0.137. The molecule has 34 heavy (non-hydrogen) atoms. The Morgan fingerprint density at radius 2 is 1.65 bits per heavy atom. The first-order valence-corrected chi connectivity index (χ1v) is 11.2. The predicted octanol–water partition coefficient (Wildman–Crippen LogP) is 6.32. The van der Waals surface area contributed by atoms with E-state index in [9.17, 15) is 22.4 Å². The normalized spacial score (nSPS) is 16.3. The number of aryl methyl sites for hydroxylation is 1. The molecule has 4 rings (SSSR count). The molecule has 1 aliphatic carbocycles. The minimum atomic E-state index is -4.74. The molecule has 2 amide bonds. The molecule has 1 fully saturated rings. The van der Waals surface area contributed by atoms with Gasteiger partial charge in [0.2, 0.25) is 0 Å². The minimum absolute atomic E-state index is 0.0292. The summed E-state index contributed by atoms with van der Waals surface area (Å²) < 4.78 is 61.3. The number of hydrogen-bond acceptors (Lipinski definition) is 2. The molecular formula is C26H26F4N2O2. The summed E-state index contributed by atoms with van der Waals surface area (Å²) in [5.41, 5.74) is -1.92. The molecule has 1 heterocycles. The molecule has 1 saturated carbocycles. The number of amides is 2. The summed E-state index contributed by atoms with van der Waals surface area (Å²) in [6, 6.07) is 14.1. The number of furan rings is 1. The highest BCUT2D eigenvalue weighted by Crippen LogP contribution is 2.42. The molecule has 0 bridgehead atoms. The maximum absolute atomic E-state index is 14.6. The van der Waals surface area contributed by atoms with Crippen molar-refractivity contribution in [2.45, 2.75) is 50.2 Å². The highest BCUT2D eigenvalue weighted by Gasteiger charge is 2.42. The van der Waals surface area contributed by atoms with Crippen LogP contribution < -0.4 is 10.6 Å². The molecule has 0 spiro atoms. The maximum atomic E-state index is 14.6. The number of benzene rings is 2. The van der Waals surface area contributed by atoms with Gasteiger partial charge < -0.3 is 15.1 Å². The summed E-state index contributed by atoms with van der Waals surface area (Å²) in [4.78, 5) is 12.7. The Bertz CT molecular complexity index is 1140. The van der Waals surface area contributed by atoms with Crippen molar-refractivity contribution in [2.75, 3.05) is 6.54 Å². The van der Waals surface area contributed by atoms with E-state index in [0.717, 1.165) is 37.8 Å². The standard InChI is InChI=1S/C26H26F4N2O2/c1-17-11-12-23(34-17)25(18-7-3-2-4-8-18,16-31-24(33)32-22-9-5-6-10-22)19-13-20(26(28,29)30)15-21(27)14-19/h2-4,7-8,11-15,22H,5-6,9-10,16H2,1H3,(H2,31,32,33). The van der Waals surface area contributed by atoms with Gasteiger partial charge in [0.15, 0.2) is 0 Å². The third-order valence-corrected chi connectivity index (χ3v) is 6.35. The molecule has 0 saturated heterocycles. The zero-order valence-corrected chi connectivity index (χ0v) is 18.7. The van der Waals surface area contributed by atoms with E-state index in [4.69, 9.17) is 4.42 Å². The Kier molecular flexibility index (Phi) is 6.68. The van der Waals surface area contributed by atoms with E-state index >= 15 is 0 Å². The molecule has 8 heteroatoms. The van der Waals surface area contributed by atoms with Gasteiger partial charge in [-0.15, -0.1) is 0 Å². The second-order valence-electron chi connectivity index (χ2n) is 8.72. The van der Waals surface area contributed by atoms with Crippen molar-refractivity contribution in [3.63, 3.8) is 0 Å². The Labute approximate surface area is 195 Å². The summed E-state index contributed by atoms with van der Waals surface area (Å²) in [5, 5.41) is 5.74. The van der Waals surface area contributed by atoms with Crippen LogP contribution in [0.2, 0.25) is 0 Å². The van der Waals surface area contributed by atoms with Crippen molar-refractivity contribution in [1.29, 1.82) is 0 Å². The van der Waals surface area contributed by atoms with Gasteiger partial charge in [0, 0.05) is 12.6 Å². The van der Waals surface area contributed by atoms with E-state index in [1.165, 1.54) is 0 Å². The van der Waals surface area contributed by atoms with Gasteiger partial charge in [-0.25, -0.2) is 9.18 Å². The molecule has 3 aromatic rings. The summed E-state index contributed by atoms with van der Waals surface area (Å²) in [7, 11) is 0. The number of carbonyl (C=O) groups excluding carboxylic acids is 1. The molecular weight excluding hydrogens is 448 g/mol. The molecule has 180 valence electrons. The van der Waals surface area contributed by atoms with Crippen LogP contribution in [0, 0.1) is 12.7 Å². The Hall–Kier alpha value is -3.29. The first kappa shape index (κ1) is 23.9. The number of hydrogen-bond donors (Lipinski definition) is 2. The highest BCUT2D eigenvalue weighted by atomic mass is 19.4. The van der Waals surface area contributed by atoms with Crippen LogP contribution in [0.3, 0.4) is 0 Å². The van der Waals surface area contributed by atoms with Crippen LogP contribution in [0.5, 0.6) is 0 Å². The molecule has 1 atom stereocenters.